The lowest BCUT2D eigenvalue weighted by Crippen LogP contribution is -2.32. The summed E-state index contributed by atoms with van der Waals surface area (Å²) in [5.74, 6) is 1.30. The van der Waals surface area contributed by atoms with Gasteiger partial charge in [0, 0.05) is 19.5 Å². The van der Waals surface area contributed by atoms with Gasteiger partial charge in [0.1, 0.15) is 10.7 Å². The molecule has 0 saturated carbocycles. The number of hydrogen-bond acceptors (Lipinski definition) is 4. The van der Waals surface area contributed by atoms with Gasteiger partial charge in [-0.25, -0.2) is 9.37 Å². The number of hydrogen-bond donors (Lipinski definition) is 1. The number of benzene rings is 1. The predicted octanol–water partition coefficient (Wildman–Crippen LogP) is 2.94. The number of carbonyl (C=O) groups excluding carboxylic acids is 1. The maximum atomic E-state index is 13.0. The zero-order valence-corrected chi connectivity index (χ0v) is 14.9. The Labute approximate surface area is 151 Å². The number of nitrogens with zero attached hydrogens (tertiary/aromatic N) is 2. The fourth-order valence-corrected chi connectivity index (χ4v) is 4.76. The Hall–Kier alpha value is -1.79. The summed E-state index contributed by atoms with van der Waals surface area (Å²) in [6, 6.07) is 6.44. The molecule has 0 radical (unpaired) electrons. The molecular weight excluding hydrogens is 337 g/mol. The van der Waals surface area contributed by atoms with Gasteiger partial charge in [-0.1, -0.05) is 12.1 Å². The largest absolute Gasteiger partial charge is 0.338 e. The number of carbonyl (C=O) groups is 1. The van der Waals surface area contributed by atoms with Gasteiger partial charge in [0.15, 0.2) is 0 Å². The molecule has 1 amide bonds. The van der Waals surface area contributed by atoms with E-state index >= 15 is 0 Å². The molecule has 2 atom stereocenters. The predicted molar refractivity (Wildman–Crippen MR) is 96.3 cm³/mol. The highest BCUT2D eigenvalue weighted by Gasteiger charge is 2.32. The van der Waals surface area contributed by atoms with Crippen LogP contribution in [-0.4, -0.2) is 42.0 Å². The second kappa shape index (κ2) is 7.22. The third-order valence-electron chi connectivity index (χ3n) is 5.34. The number of thiazole rings is 1. The van der Waals surface area contributed by atoms with Crippen LogP contribution in [0.25, 0.3) is 0 Å². The smallest absolute Gasteiger partial charge is 0.265 e. The molecule has 4 nitrogen and oxygen atoms in total. The van der Waals surface area contributed by atoms with Crippen molar-refractivity contribution in [3.05, 3.63) is 51.7 Å². The van der Waals surface area contributed by atoms with E-state index in [1.165, 1.54) is 23.5 Å². The van der Waals surface area contributed by atoms with Crippen LogP contribution in [-0.2, 0) is 6.42 Å². The maximum absolute atomic E-state index is 13.0. The third kappa shape index (κ3) is 3.75. The molecule has 4 rings (SSSR count). The normalized spacial score (nSPS) is 23.3. The molecule has 0 unspecified atom stereocenters. The molecule has 1 N–H and O–H groups in total. The summed E-state index contributed by atoms with van der Waals surface area (Å²) < 4.78 is 13.0. The van der Waals surface area contributed by atoms with E-state index in [1.54, 1.807) is 18.3 Å². The number of rotatable bonds is 3. The van der Waals surface area contributed by atoms with Gasteiger partial charge in [0.05, 0.1) is 11.2 Å². The molecule has 1 aromatic carbocycles. The van der Waals surface area contributed by atoms with E-state index in [0.717, 1.165) is 49.6 Å². The van der Waals surface area contributed by atoms with E-state index in [0.29, 0.717) is 23.1 Å². The lowest BCUT2D eigenvalue weighted by Gasteiger charge is -2.19. The molecule has 2 aliphatic rings. The standard InChI is InChI=1S/C19H22FN3OS/c20-16-3-1-13(2-4-16)9-18-22-12-17(25-18)19(24)23-7-5-14-10-21-11-15(14)6-8-23/h1-4,12,14-15,21H,5-11H2/t14-,15+. The number of aromatic nitrogens is 1. The Morgan fingerprint density at radius 1 is 1.20 bits per heavy atom. The summed E-state index contributed by atoms with van der Waals surface area (Å²) in [6.07, 6.45) is 4.50. The first kappa shape index (κ1) is 16.7. The van der Waals surface area contributed by atoms with Crippen LogP contribution >= 0.6 is 11.3 Å². The van der Waals surface area contributed by atoms with Crippen molar-refractivity contribution in [2.24, 2.45) is 11.8 Å². The van der Waals surface area contributed by atoms with E-state index < -0.39 is 0 Å². The Balaban J connectivity index is 1.40. The fraction of sp³-hybridized carbons (Fsp3) is 0.474. The summed E-state index contributed by atoms with van der Waals surface area (Å²) in [6.45, 7) is 3.86. The molecular formula is C19H22FN3OS. The summed E-state index contributed by atoms with van der Waals surface area (Å²) in [4.78, 5) is 19.9. The van der Waals surface area contributed by atoms with Gasteiger partial charge < -0.3 is 10.2 Å². The maximum Gasteiger partial charge on any atom is 0.265 e. The summed E-state index contributed by atoms with van der Waals surface area (Å²) in [5, 5.41) is 4.36. The highest BCUT2D eigenvalue weighted by atomic mass is 32.1. The van der Waals surface area contributed by atoms with Crippen molar-refractivity contribution in [1.82, 2.24) is 15.2 Å². The topological polar surface area (TPSA) is 45.2 Å². The van der Waals surface area contributed by atoms with Crippen LogP contribution in [0.2, 0.25) is 0 Å². The van der Waals surface area contributed by atoms with Gasteiger partial charge in [0.2, 0.25) is 0 Å². The summed E-state index contributed by atoms with van der Waals surface area (Å²) in [7, 11) is 0. The zero-order chi connectivity index (χ0) is 17.2. The van der Waals surface area contributed by atoms with Gasteiger partial charge in [0.25, 0.3) is 5.91 Å². The highest BCUT2D eigenvalue weighted by Crippen LogP contribution is 2.28. The van der Waals surface area contributed by atoms with Crippen molar-refractivity contribution in [3.63, 3.8) is 0 Å². The molecule has 0 aliphatic carbocycles. The minimum absolute atomic E-state index is 0.107. The quantitative estimate of drug-likeness (QED) is 0.916. The van der Waals surface area contributed by atoms with E-state index in [9.17, 15) is 9.18 Å². The Morgan fingerprint density at radius 3 is 2.56 bits per heavy atom. The first-order chi connectivity index (χ1) is 12.2. The van der Waals surface area contributed by atoms with E-state index in [4.69, 9.17) is 0 Å². The van der Waals surface area contributed by atoms with E-state index in [2.05, 4.69) is 10.3 Å². The van der Waals surface area contributed by atoms with Gasteiger partial charge in [-0.2, -0.15) is 0 Å². The molecule has 2 fully saturated rings. The van der Waals surface area contributed by atoms with Crippen LogP contribution in [0.5, 0.6) is 0 Å². The Morgan fingerprint density at radius 2 is 1.88 bits per heavy atom. The van der Waals surface area contributed by atoms with Gasteiger partial charge in [-0.3, -0.25) is 4.79 Å². The van der Waals surface area contributed by atoms with Crippen LogP contribution in [0.1, 0.15) is 33.1 Å². The molecule has 1 aromatic heterocycles. The van der Waals surface area contributed by atoms with Crippen LogP contribution in [0, 0.1) is 17.7 Å². The lowest BCUT2D eigenvalue weighted by molar-refractivity contribution is 0.0763. The van der Waals surface area contributed by atoms with Gasteiger partial charge >= 0.3 is 0 Å². The van der Waals surface area contributed by atoms with Crippen molar-refractivity contribution in [2.75, 3.05) is 26.2 Å². The lowest BCUT2D eigenvalue weighted by atomic mass is 9.92. The SMILES string of the molecule is O=C(c1cnc(Cc2ccc(F)cc2)s1)N1CC[C@@H]2CNC[C@@H]2CC1. The van der Waals surface area contributed by atoms with Crippen LogP contribution in [0.3, 0.4) is 0 Å². The van der Waals surface area contributed by atoms with Crippen molar-refractivity contribution < 1.29 is 9.18 Å². The second-order valence-electron chi connectivity index (χ2n) is 6.97. The van der Waals surface area contributed by atoms with Crippen LogP contribution in [0.15, 0.2) is 30.5 Å². The monoisotopic (exact) mass is 359 g/mol. The second-order valence-corrected chi connectivity index (χ2v) is 8.08. The average Bonchev–Trinajstić information content (AvgIpc) is 3.22. The number of nitrogens with one attached hydrogen (secondary N) is 1. The first-order valence-corrected chi connectivity index (χ1v) is 9.70. The first-order valence-electron chi connectivity index (χ1n) is 8.88. The highest BCUT2D eigenvalue weighted by molar-refractivity contribution is 7.13. The number of likely N-dealkylation sites (tertiary alicyclic amines) is 1. The summed E-state index contributed by atoms with van der Waals surface area (Å²) >= 11 is 1.45. The summed E-state index contributed by atoms with van der Waals surface area (Å²) in [5.41, 5.74) is 1.00. The molecule has 2 saturated heterocycles. The number of halogens is 1. The van der Waals surface area contributed by atoms with E-state index in [1.807, 2.05) is 4.90 Å². The Bertz CT molecular complexity index is 731. The van der Waals surface area contributed by atoms with Crippen molar-refractivity contribution >= 4 is 17.2 Å². The zero-order valence-electron chi connectivity index (χ0n) is 14.1. The van der Waals surface area contributed by atoms with Crippen LogP contribution in [0.4, 0.5) is 4.39 Å². The number of fused-ring (bicyclic) bond motifs is 1. The molecule has 25 heavy (non-hydrogen) atoms. The fourth-order valence-electron chi connectivity index (χ4n) is 3.84. The molecule has 0 spiro atoms. The average molecular weight is 359 g/mol. The van der Waals surface area contributed by atoms with Crippen LogP contribution < -0.4 is 5.32 Å². The molecule has 132 valence electrons. The molecule has 2 aliphatic heterocycles. The van der Waals surface area contributed by atoms with Gasteiger partial charge in [-0.05, 0) is 55.5 Å². The van der Waals surface area contributed by atoms with Gasteiger partial charge in [-0.15, -0.1) is 11.3 Å². The number of amides is 1. The third-order valence-corrected chi connectivity index (χ3v) is 6.32. The Kier molecular flexibility index (Phi) is 4.81. The minimum atomic E-state index is -0.236. The molecule has 6 heteroatoms. The molecule has 3 heterocycles. The van der Waals surface area contributed by atoms with E-state index in [-0.39, 0.29) is 11.7 Å². The molecule has 0 bridgehead atoms. The minimum Gasteiger partial charge on any atom is -0.338 e. The van der Waals surface area contributed by atoms with Crippen molar-refractivity contribution in [1.29, 1.82) is 0 Å². The molecule has 2 aromatic rings. The van der Waals surface area contributed by atoms with Crippen molar-refractivity contribution in [3.8, 4) is 0 Å². The van der Waals surface area contributed by atoms with Crippen molar-refractivity contribution in [2.45, 2.75) is 19.3 Å².